The van der Waals surface area contributed by atoms with Crippen LogP contribution < -0.4 is 5.32 Å². The number of hydrogen-bond donors (Lipinski definition) is 1. The smallest absolute Gasteiger partial charge is 0.257 e. The van der Waals surface area contributed by atoms with E-state index in [4.69, 9.17) is 0 Å². The Morgan fingerprint density at radius 1 is 1.04 bits per heavy atom. The highest BCUT2D eigenvalue weighted by molar-refractivity contribution is 6.03. The topological polar surface area (TPSA) is 46.9 Å². The molecule has 3 aromatic rings. The number of carbonyl (C=O) groups is 1. The van der Waals surface area contributed by atoms with Crippen LogP contribution in [-0.2, 0) is 13.0 Å². The van der Waals surface area contributed by atoms with Gasteiger partial charge in [0.1, 0.15) is 5.82 Å². The first kappa shape index (κ1) is 16.8. The molecule has 0 radical (unpaired) electrons. The fourth-order valence-corrected chi connectivity index (χ4v) is 2.37. The summed E-state index contributed by atoms with van der Waals surface area (Å²) < 4.78 is 41.1. The van der Waals surface area contributed by atoms with Gasteiger partial charge in [-0.2, -0.15) is 5.10 Å². The van der Waals surface area contributed by atoms with Crippen molar-refractivity contribution in [3.63, 3.8) is 0 Å². The van der Waals surface area contributed by atoms with Crippen molar-refractivity contribution in [3.8, 4) is 0 Å². The number of hydrogen-bond acceptors (Lipinski definition) is 2. The zero-order valence-corrected chi connectivity index (χ0v) is 13.0. The molecule has 7 heteroatoms. The summed E-state index contributed by atoms with van der Waals surface area (Å²) in [6.45, 7) is 0.513. The van der Waals surface area contributed by atoms with Gasteiger partial charge in [-0.15, -0.1) is 0 Å². The molecule has 4 nitrogen and oxygen atoms in total. The molecule has 0 aliphatic heterocycles. The van der Waals surface area contributed by atoms with E-state index < -0.39 is 23.4 Å². The van der Waals surface area contributed by atoms with Crippen LogP contribution in [0.1, 0.15) is 15.9 Å². The average Bonchev–Trinajstić information content (AvgIpc) is 3.05. The van der Waals surface area contributed by atoms with Crippen LogP contribution in [0.15, 0.2) is 54.7 Å². The first-order chi connectivity index (χ1) is 12.0. The summed E-state index contributed by atoms with van der Waals surface area (Å²) in [5.74, 6) is -4.81. The van der Waals surface area contributed by atoms with E-state index in [9.17, 15) is 18.0 Å². The molecular formula is C18H14F3N3O. The van der Waals surface area contributed by atoms with E-state index >= 15 is 0 Å². The van der Waals surface area contributed by atoms with Gasteiger partial charge in [-0.1, -0.05) is 30.3 Å². The molecule has 1 amide bonds. The monoisotopic (exact) mass is 345 g/mol. The van der Waals surface area contributed by atoms with Crippen LogP contribution in [-0.4, -0.2) is 15.7 Å². The van der Waals surface area contributed by atoms with Crippen LogP contribution in [0.2, 0.25) is 0 Å². The highest BCUT2D eigenvalue weighted by Crippen LogP contribution is 2.16. The van der Waals surface area contributed by atoms with E-state index in [2.05, 4.69) is 10.4 Å². The summed E-state index contributed by atoms with van der Waals surface area (Å²) in [6, 6.07) is 12.6. The SMILES string of the molecule is O=C(Nc1ccnn1CCc1ccccc1)c1cc(F)c(F)c(F)c1. The number of carbonyl (C=O) groups excluding carboxylic acids is 1. The molecule has 1 aromatic heterocycles. The number of benzene rings is 2. The Morgan fingerprint density at radius 2 is 1.72 bits per heavy atom. The summed E-state index contributed by atoms with van der Waals surface area (Å²) in [4.78, 5) is 12.1. The summed E-state index contributed by atoms with van der Waals surface area (Å²) in [5.41, 5.74) is 0.796. The second-order valence-corrected chi connectivity index (χ2v) is 5.38. The van der Waals surface area contributed by atoms with E-state index in [1.807, 2.05) is 30.3 Å². The Kier molecular flexibility index (Phi) is 4.83. The van der Waals surface area contributed by atoms with Gasteiger partial charge in [0, 0.05) is 18.2 Å². The van der Waals surface area contributed by atoms with Gasteiger partial charge in [0.25, 0.3) is 5.91 Å². The van der Waals surface area contributed by atoms with Gasteiger partial charge in [-0.05, 0) is 24.1 Å². The van der Waals surface area contributed by atoms with Crippen molar-refractivity contribution in [1.82, 2.24) is 9.78 Å². The number of aromatic nitrogens is 2. The lowest BCUT2D eigenvalue weighted by Gasteiger charge is -2.09. The van der Waals surface area contributed by atoms with Crippen LogP contribution in [0.3, 0.4) is 0 Å². The van der Waals surface area contributed by atoms with Gasteiger partial charge in [0.05, 0.1) is 6.20 Å². The van der Waals surface area contributed by atoms with Crippen LogP contribution in [0.4, 0.5) is 19.0 Å². The first-order valence-corrected chi connectivity index (χ1v) is 7.56. The van der Waals surface area contributed by atoms with Crippen LogP contribution in [0.5, 0.6) is 0 Å². The van der Waals surface area contributed by atoms with Crippen molar-refractivity contribution in [3.05, 3.63) is 83.3 Å². The van der Waals surface area contributed by atoms with E-state index in [0.717, 1.165) is 5.56 Å². The number of rotatable bonds is 5. The maximum absolute atomic E-state index is 13.3. The molecule has 0 saturated heterocycles. The van der Waals surface area contributed by atoms with Crippen molar-refractivity contribution in [2.24, 2.45) is 0 Å². The van der Waals surface area contributed by atoms with Gasteiger partial charge in [-0.3, -0.25) is 4.79 Å². The second kappa shape index (κ2) is 7.21. The molecule has 0 atom stereocenters. The number of nitrogens with zero attached hydrogens (tertiary/aromatic N) is 2. The van der Waals surface area contributed by atoms with Crippen molar-refractivity contribution in [2.75, 3.05) is 5.32 Å². The molecule has 0 spiro atoms. The second-order valence-electron chi connectivity index (χ2n) is 5.38. The van der Waals surface area contributed by atoms with Crippen LogP contribution >= 0.6 is 0 Å². The van der Waals surface area contributed by atoms with Gasteiger partial charge in [-0.25, -0.2) is 17.9 Å². The predicted molar refractivity (Wildman–Crippen MR) is 86.6 cm³/mol. The first-order valence-electron chi connectivity index (χ1n) is 7.56. The zero-order valence-electron chi connectivity index (χ0n) is 13.0. The maximum Gasteiger partial charge on any atom is 0.257 e. The molecule has 2 aromatic carbocycles. The molecule has 0 fully saturated rings. The molecule has 0 unspecified atom stereocenters. The Balaban J connectivity index is 1.71. The third-order valence-corrected chi connectivity index (χ3v) is 3.66. The molecule has 1 N–H and O–H groups in total. The molecule has 3 rings (SSSR count). The minimum Gasteiger partial charge on any atom is -0.307 e. The fourth-order valence-electron chi connectivity index (χ4n) is 2.37. The zero-order chi connectivity index (χ0) is 17.8. The molecule has 0 bridgehead atoms. The van der Waals surface area contributed by atoms with E-state index in [1.54, 1.807) is 10.7 Å². The number of halogens is 3. The lowest BCUT2D eigenvalue weighted by Crippen LogP contribution is -2.17. The average molecular weight is 345 g/mol. The van der Waals surface area contributed by atoms with E-state index in [1.165, 1.54) is 6.20 Å². The molecule has 0 saturated carbocycles. The van der Waals surface area contributed by atoms with Gasteiger partial charge in [0.15, 0.2) is 17.5 Å². The minimum absolute atomic E-state index is 0.313. The molecule has 0 aliphatic rings. The fraction of sp³-hybridized carbons (Fsp3) is 0.111. The van der Waals surface area contributed by atoms with E-state index in [0.29, 0.717) is 30.9 Å². The number of amides is 1. The normalized spacial score (nSPS) is 10.7. The Hall–Kier alpha value is -3.09. The van der Waals surface area contributed by atoms with E-state index in [-0.39, 0.29) is 5.56 Å². The van der Waals surface area contributed by atoms with Gasteiger partial charge in [0.2, 0.25) is 0 Å². The highest BCUT2D eigenvalue weighted by atomic mass is 19.2. The standard InChI is InChI=1S/C18H14F3N3O/c19-14-10-13(11-15(20)17(14)21)18(25)23-16-6-8-22-24(16)9-7-12-4-2-1-3-5-12/h1-6,8,10-11H,7,9H2,(H,23,25). The summed E-state index contributed by atoms with van der Waals surface area (Å²) in [5, 5.41) is 6.64. The largest absolute Gasteiger partial charge is 0.307 e. The number of nitrogens with one attached hydrogen (secondary N) is 1. The summed E-state index contributed by atoms with van der Waals surface area (Å²) >= 11 is 0. The summed E-state index contributed by atoms with van der Waals surface area (Å²) in [7, 11) is 0. The van der Waals surface area contributed by atoms with Gasteiger partial charge < -0.3 is 5.32 Å². The minimum atomic E-state index is -1.61. The number of aryl methyl sites for hydroxylation is 2. The molecular weight excluding hydrogens is 331 g/mol. The van der Waals surface area contributed by atoms with Crippen molar-refractivity contribution < 1.29 is 18.0 Å². The lowest BCUT2D eigenvalue weighted by molar-refractivity contribution is 0.102. The Morgan fingerprint density at radius 3 is 2.40 bits per heavy atom. The van der Waals surface area contributed by atoms with Crippen LogP contribution in [0, 0.1) is 17.5 Å². The Bertz CT molecular complexity index is 871. The van der Waals surface area contributed by atoms with Crippen molar-refractivity contribution in [1.29, 1.82) is 0 Å². The van der Waals surface area contributed by atoms with Crippen molar-refractivity contribution >= 4 is 11.7 Å². The summed E-state index contributed by atoms with van der Waals surface area (Å²) in [6.07, 6.45) is 2.21. The number of anilines is 1. The molecule has 0 aliphatic carbocycles. The van der Waals surface area contributed by atoms with Crippen LogP contribution in [0.25, 0.3) is 0 Å². The van der Waals surface area contributed by atoms with Gasteiger partial charge >= 0.3 is 0 Å². The third-order valence-electron chi connectivity index (χ3n) is 3.66. The predicted octanol–water partition coefficient (Wildman–Crippen LogP) is 3.80. The van der Waals surface area contributed by atoms with Crippen molar-refractivity contribution in [2.45, 2.75) is 13.0 Å². The lowest BCUT2D eigenvalue weighted by atomic mass is 10.1. The molecule has 25 heavy (non-hydrogen) atoms. The molecule has 1 heterocycles. The maximum atomic E-state index is 13.3. The highest BCUT2D eigenvalue weighted by Gasteiger charge is 2.16. The molecule has 128 valence electrons. The Labute approximate surface area is 141 Å². The third kappa shape index (κ3) is 3.88. The quantitative estimate of drug-likeness (QED) is 0.715.